The molecule has 35 heavy (non-hydrogen) atoms. The molecule has 0 unspecified atom stereocenters. The predicted octanol–water partition coefficient (Wildman–Crippen LogP) is 12.3. The van der Waals surface area contributed by atoms with Crippen LogP contribution < -0.4 is 5.32 Å². The molecule has 0 rings (SSSR count). The van der Waals surface area contributed by atoms with Crippen molar-refractivity contribution in [2.24, 2.45) is 0 Å². The third kappa shape index (κ3) is 34.0. The van der Waals surface area contributed by atoms with Gasteiger partial charge in [0.25, 0.3) is 0 Å². The van der Waals surface area contributed by atoms with Crippen LogP contribution in [0.3, 0.4) is 0 Å². The second kappa shape index (κ2) is 34.0. The van der Waals surface area contributed by atoms with Gasteiger partial charge in [-0.1, -0.05) is 200 Å². The van der Waals surface area contributed by atoms with Gasteiger partial charge in [-0.25, -0.2) is 0 Å². The maximum Gasteiger partial charge on any atom is -0.00519 e. The van der Waals surface area contributed by atoms with Crippen LogP contribution in [0.4, 0.5) is 0 Å². The topological polar surface area (TPSA) is 12.0 Å². The van der Waals surface area contributed by atoms with E-state index in [0.717, 1.165) is 0 Å². The lowest BCUT2D eigenvalue weighted by Gasteiger charge is -2.05. The van der Waals surface area contributed by atoms with E-state index in [9.17, 15) is 0 Å². The molecule has 0 bridgehead atoms. The van der Waals surface area contributed by atoms with Gasteiger partial charge in [0.05, 0.1) is 0 Å². The van der Waals surface area contributed by atoms with Crippen LogP contribution in [-0.2, 0) is 0 Å². The summed E-state index contributed by atoms with van der Waals surface area (Å²) in [5, 5.41) is 3.24. The fraction of sp³-hybridized carbons (Fsp3) is 1.00. The van der Waals surface area contributed by atoms with Gasteiger partial charge in [-0.3, -0.25) is 0 Å². The van der Waals surface area contributed by atoms with Gasteiger partial charge in [-0.15, -0.1) is 0 Å². The molecule has 1 heteroatoms. The fourth-order valence-electron chi connectivity index (χ4n) is 5.50. The summed E-state index contributed by atoms with van der Waals surface area (Å²) in [6, 6.07) is 0. The van der Waals surface area contributed by atoms with Gasteiger partial charge in [0, 0.05) is 0 Å². The van der Waals surface area contributed by atoms with Crippen molar-refractivity contribution >= 4 is 0 Å². The average Bonchev–Trinajstić information content (AvgIpc) is 2.87. The molecule has 0 saturated carbocycles. The molecule has 0 heterocycles. The second-order valence-corrected chi connectivity index (χ2v) is 11.7. The molecule has 0 aliphatic rings. The highest BCUT2D eigenvalue weighted by Crippen LogP contribution is 2.16. The highest BCUT2D eigenvalue weighted by molar-refractivity contribution is 4.52. The Morgan fingerprint density at radius 1 is 0.257 bits per heavy atom. The summed E-state index contributed by atoms with van der Waals surface area (Å²) in [5.74, 6) is 0. The number of hydrogen-bond donors (Lipinski definition) is 1. The standard InChI is InChI=1S/C34H71N/c1-3-4-5-6-7-8-9-10-11-12-13-14-15-16-17-18-19-20-21-22-23-24-25-26-27-28-29-30-31-32-33-34-35-2/h35H,3-34H2,1-2H3. The van der Waals surface area contributed by atoms with Crippen molar-refractivity contribution in [1.82, 2.24) is 5.32 Å². The van der Waals surface area contributed by atoms with Gasteiger partial charge >= 0.3 is 0 Å². The molecule has 0 aliphatic heterocycles. The Morgan fingerprint density at radius 2 is 0.429 bits per heavy atom. The lowest BCUT2D eigenvalue weighted by atomic mass is 10.0. The summed E-state index contributed by atoms with van der Waals surface area (Å²) in [6.45, 7) is 3.50. The Hall–Kier alpha value is -0.0400. The fourth-order valence-corrected chi connectivity index (χ4v) is 5.50. The number of rotatable bonds is 32. The zero-order valence-corrected chi connectivity index (χ0v) is 25.1. The predicted molar refractivity (Wildman–Crippen MR) is 163 cm³/mol. The van der Waals surface area contributed by atoms with Gasteiger partial charge < -0.3 is 5.32 Å². The molecule has 0 aromatic heterocycles. The molecule has 0 aromatic rings. The van der Waals surface area contributed by atoms with Crippen molar-refractivity contribution in [1.29, 1.82) is 0 Å². The quantitative estimate of drug-likeness (QED) is 0.0918. The molecule has 0 aromatic carbocycles. The van der Waals surface area contributed by atoms with Gasteiger partial charge in [0.1, 0.15) is 0 Å². The van der Waals surface area contributed by atoms with Crippen molar-refractivity contribution in [3.63, 3.8) is 0 Å². The Bertz CT molecular complexity index is 307. The molecular formula is C34H71N. The van der Waals surface area contributed by atoms with E-state index in [1.165, 1.54) is 206 Å². The minimum absolute atomic E-state index is 1.19. The summed E-state index contributed by atoms with van der Waals surface area (Å²) in [4.78, 5) is 0. The Morgan fingerprint density at radius 3 is 0.600 bits per heavy atom. The third-order valence-corrected chi connectivity index (χ3v) is 8.03. The van der Waals surface area contributed by atoms with Crippen LogP contribution in [0.2, 0.25) is 0 Å². The maximum absolute atomic E-state index is 3.24. The van der Waals surface area contributed by atoms with E-state index < -0.39 is 0 Å². The average molecular weight is 494 g/mol. The van der Waals surface area contributed by atoms with Crippen molar-refractivity contribution in [2.75, 3.05) is 13.6 Å². The lowest BCUT2D eigenvalue weighted by molar-refractivity contribution is 0.512. The van der Waals surface area contributed by atoms with Crippen LogP contribution in [0.1, 0.15) is 206 Å². The summed E-state index contributed by atoms with van der Waals surface area (Å²) in [5.41, 5.74) is 0. The Kier molecular flexibility index (Phi) is 33.9. The van der Waals surface area contributed by atoms with Crippen molar-refractivity contribution in [3.05, 3.63) is 0 Å². The molecule has 1 nitrogen and oxygen atoms in total. The molecule has 212 valence electrons. The molecule has 0 amide bonds. The first-order valence-electron chi connectivity index (χ1n) is 17.1. The van der Waals surface area contributed by atoms with E-state index in [0.29, 0.717) is 0 Å². The van der Waals surface area contributed by atoms with Crippen LogP contribution in [-0.4, -0.2) is 13.6 Å². The van der Waals surface area contributed by atoms with E-state index in [-0.39, 0.29) is 0 Å². The third-order valence-electron chi connectivity index (χ3n) is 8.03. The lowest BCUT2D eigenvalue weighted by Crippen LogP contribution is -2.06. The van der Waals surface area contributed by atoms with E-state index in [2.05, 4.69) is 19.3 Å². The summed E-state index contributed by atoms with van der Waals surface area (Å²) < 4.78 is 0. The zero-order valence-electron chi connectivity index (χ0n) is 25.1. The molecule has 0 saturated heterocycles. The smallest absolute Gasteiger partial charge is 0.00519 e. The van der Waals surface area contributed by atoms with Crippen LogP contribution in [0.25, 0.3) is 0 Å². The molecule has 0 spiro atoms. The molecule has 0 aliphatic carbocycles. The van der Waals surface area contributed by atoms with Crippen LogP contribution >= 0.6 is 0 Å². The Labute approximate surface area is 224 Å². The molecule has 0 fully saturated rings. The summed E-state index contributed by atoms with van der Waals surface area (Å²) in [7, 11) is 2.06. The van der Waals surface area contributed by atoms with E-state index >= 15 is 0 Å². The minimum Gasteiger partial charge on any atom is -0.320 e. The first-order chi connectivity index (χ1) is 17.4. The van der Waals surface area contributed by atoms with Gasteiger partial charge in [-0.2, -0.15) is 0 Å². The molecule has 0 atom stereocenters. The summed E-state index contributed by atoms with van der Waals surface area (Å²) >= 11 is 0. The van der Waals surface area contributed by atoms with E-state index in [1.54, 1.807) is 0 Å². The zero-order chi connectivity index (χ0) is 25.3. The molecular weight excluding hydrogens is 422 g/mol. The SMILES string of the molecule is CCCCCCCCCCCCCCCCCCCCCCCCCCCCCCCCCNC. The molecule has 0 radical (unpaired) electrons. The highest BCUT2D eigenvalue weighted by Gasteiger charge is 1.97. The first kappa shape index (κ1) is 35.0. The van der Waals surface area contributed by atoms with Crippen molar-refractivity contribution in [2.45, 2.75) is 206 Å². The van der Waals surface area contributed by atoms with Crippen LogP contribution in [0.5, 0.6) is 0 Å². The monoisotopic (exact) mass is 494 g/mol. The summed E-state index contributed by atoms with van der Waals surface area (Å²) in [6.07, 6.45) is 45.7. The first-order valence-corrected chi connectivity index (χ1v) is 17.1. The number of hydrogen-bond acceptors (Lipinski definition) is 1. The number of unbranched alkanes of at least 4 members (excludes halogenated alkanes) is 30. The normalized spacial score (nSPS) is 11.5. The maximum atomic E-state index is 3.24. The van der Waals surface area contributed by atoms with E-state index in [4.69, 9.17) is 0 Å². The molecule has 1 N–H and O–H groups in total. The number of nitrogens with one attached hydrogen (secondary N) is 1. The van der Waals surface area contributed by atoms with Gasteiger partial charge in [-0.05, 0) is 20.0 Å². The largest absolute Gasteiger partial charge is 0.320 e. The van der Waals surface area contributed by atoms with Crippen molar-refractivity contribution in [3.8, 4) is 0 Å². The van der Waals surface area contributed by atoms with Crippen LogP contribution in [0, 0.1) is 0 Å². The Balaban J connectivity index is 3.00. The highest BCUT2D eigenvalue weighted by atomic mass is 14.8. The minimum atomic E-state index is 1.19. The van der Waals surface area contributed by atoms with Gasteiger partial charge in [0.2, 0.25) is 0 Å². The second-order valence-electron chi connectivity index (χ2n) is 11.7. The van der Waals surface area contributed by atoms with E-state index in [1.807, 2.05) is 0 Å². The van der Waals surface area contributed by atoms with Crippen molar-refractivity contribution < 1.29 is 0 Å². The van der Waals surface area contributed by atoms with Crippen LogP contribution in [0.15, 0.2) is 0 Å². The van der Waals surface area contributed by atoms with Gasteiger partial charge in [0.15, 0.2) is 0 Å².